The molecule has 5 heteroatoms. The Morgan fingerprint density at radius 1 is 1.37 bits per heavy atom. The number of hydrogen-bond donors (Lipinski definition) is 2. The molecule has 0 aliphatic heterocycles. The molecule has 1 fully saturated rings. The molecule has 1 aliphatic rings. The van der Waals surface area contributed by atoms with Crippen LogP contribution in [0.1, 0.15) is 18.4 Å². The van der Waals surface area contributed by atoms with Gasteiger partial charge in [0.05, 0.1) is 7.11 Å². The summed E-state index contributed by atoms with van der Waals surface area (Å²) in [6.45, 7) is 0. The van der Waals surface area contributed by atoms with Gasteiger partial charge in [-0.15, -0.1) is 0 Å². The smallest absolute Gasteiger partial charge is 0.326 e. The average Bonchev–Trinajstić information content (AvgIpc) is 3.23. The Balaban J connectivity index is 1.98. The van der Waals surface area contributed by atoms with Crippen LogP contribution in [0.2, 0.25) is 0 Å². The molecule has 5 nitrogen and oxygen atoms in total. The molecule has 0 spiro atoms. The second-order valence-electron chi connectivity index (χ2n) is 4.73. The number of nitrogens with one attached hydrogen (secondary N) is 1. The van der Waals surface area contributed by atoms with E-state index in [0.29, 0.717) is 0 Å². The fourth-order valence-electron chi connectivity index (χ4n) is 1.83. The molecule has 19 heavy (non-hydrogen) atoms. The topological polar surface area (TPSA) is 75.6 Å². The number of rotatable bonds is 6. The van der Waals surface area contributed by atoms with Crippen molar-refractivity contribution in [1.82, 2.24) is 5.32 Å². The maximum absolute atomic E-state index is 11.6. The molecule has 2 rings (SSSR count). The lowest BCUT2D eigenvalue weighted by atomic mass is 10.1. The van der Waals surface area contributed by atoms with Crippen molar-refractivity contribution in [1.29, 1.82) is 0 Å². The highest BCUT2D eigenvalue weighted by Crippen LogP contribution is 2.29. The van der Waals surface area contributed by atoms with E-state index < -0.39 is 12.0 Å². The van der Waals surface area contributed by atoms with Crippen LogP contribution in [0.25, 0.3) is 0 Å². The van der Waals surface area contributed by atoms with Gasteiger partial charge in [-0.3, -0.25) is 4.79 Å². The summed E-state index contributed by atoms with van der Waals surface area (Å²) < 4.78 is 5.04. The van der Waals surface area contributed by atoms with Gasteiger partial charge < -0.3 is 15.2 Å². The van der Waals surface area contributed by atoms with Gasteiger partial charge in [-0.05, 0) is 30.5 Å². The van der Waals surface area contributed by atoms with E-state index in [1.54, 1.807) is 31.4 Å². The molecule has 102 valence electrons. The van der Waals surface area contributed by atoms with E-state index in [2.05, 4.69) is 5.32 Å². The minimum Gasteiger partial charge on any atom is -0.497 e. The summed E-state index contributed by atoms with van der Waals surface area (Å²) >= 11 is 0. The first-order valence-electron chi connectivity index (χ1n) is 6.26. The zero-order valence-electron chi connectivity index (χ0n) is 10.8. The zero-order valence-corrected chi connectivity index (χ0v) is 10.8. The van der Waals surface area contributed by atoms with Gasteiger partial charge in [0.25, 0.3) is 0 Å². The van der Waals surface area contributed by atoms with Crippen LogP contribution in [0.15, 0.2) is 24.3 Å². The van der Waals surface area contributed by atoms with E-state index in [1.807, 2.05) is 0 Å². The Bertz CT molecular complexity index is 465. The molecule has 2 N–H and O–H groups in total. The van der Waals surface area contributed by atoms with Gasteiger partial charge in [-0.25, -0.2) is 4.79 Å². The van der Waals surface area contributed by atoms with Gasteiger partial charge >= 0.3 is 5.97 Å². The van der Waals surface area contributed by atoms with Crippen molar-refractivity contribution in [3.8, 4) is 5.75 Å². The van der Waals surface area contributed by atoms with Gasteiger partial charge in [0.2, 0.25) is 5.91 Å². The molecule has 0 heterocycles. The Morgan fingerprint density at radius 3 is 2.47 bits per heavy atom. The predicted octanol–water partition coefficient (Wildman–Crippen LogP) is 1.22. The second kappa shape index (κ2) is 5.73. The van der Waals surface area contributed by atoms with Crippen molar-refractivity contribution >= 4 is 11.9 Å². The van der Waals surface area contributed by atoms with Crippen LogP contribution in [0, 0.1) is 5.92 Å². The predicted molar refractivity (Wildman–Crippen MR) is 69.0 cm³/mol. The number of carboxylic acid groups (broad SMARTS) is 1. The Morgan fingerprint density at radius 2 is 2.00 bits per heavy atom. The third-order valence-electron chi connectivity index (χ3n) is 3.16. The van der Waals surface area contributed by atoms with E-state index in [4.69, 9.17) is 9.84 Å². The lowest BCUT2D eigenvalue weighted by molar-refractivity contribution is -0.142. The largest absolute Gasteiger partial charge is 0.497 e. The molecule has 1 aromatic carbocycles. The molecule has 0 aromatic heterocycles. The third kappa shape index (κ3) is 3.71. The van der Waals surface area contributed by atoms with Crippen molar-refractivity contribution in [3.05, 3.63) is 29.8 Å². The fourth-order valence-corrected chi connectivity index (χ4v) is 1.83. The number of methoxy groups -OCH3 is 1. The van der Waals surface area contributed by atoms with Gasteiger partial charge in [0, 0.05) is 12.3 Å². The van der Waals surface area contributed by atoms with Crippen LogP contribution < -0.4 is 10.1 Å². The summed E-state index contributed by atoms with van der Waals surface area (Å²) in [5.74, 6) is -0.430. The summed E-state index contributed by atoms with van der Waals surface area (Å²) in [4.78, 5) is 22.8. The van der Waals surface area contributed by atoms with Crippen LogP contribution in [0.3, 0.4) is 0 Å². The zero-order chi connectivity index (χ0) is 13.8. The van der Waals surface area contributed by atoms with E-state index in [1.165, 1.54) is 0 Å². The minimum absolute atomic E-state index is 0.0118. The Hall–Kier alpha value is -2.04. The second-order valence-corrected chi connectivity index (χ2v) is 4.73. The molecule has 1 atom stereocenters. The van der Waals surface area contributed by atoms with Crippen molar-refractivity contribution in [2.24, 2.45) is 5.92 Å². The molecule has 1 unspecified atom stereocenters. The Labute approximate surface area is 111 Å². The molecule has 0 saturated heterocycles. The van der Waals surface area contributed by atoms with E-state index >= 15 is 0 Å². The van der Waals surface area contributed by atoms with E-state index in [-0.39, 0.29) is 18.2 Å². The van der Waals surface area contributed by atoms with Crippen molar-refractivity contribution in [3.63, 3.8) is 0 Å². The first kappa shape index (κ1) is 13.4. The van der Waals surface area contributed by atoms with Gasteiger partial charge in [0.15, 0.2) is 0 Å². The van der Waals surface area contributed by atoms with E-state index in [0.717, 1.165) is 24.2 Å². The van der Waals surface area contributed by atoms with Crippen LogP contribution in [0.4, 0.5) is 0 Å². The lowest BCUT2D eigenvalue weighted by Crippen LogP contribution is -2.43. The number of ether oxygens (including phenoxy) is 1. The lowest BCUT2D eigenvalue weighted by Gasteiger charge is -2.14. The van der Waals surface area contributed by atoms with Crippen LogP contribution in [0.5, 0.6) is 5.75 Å². The summed E-state index contributed by atoms with van der Waals surface area (Å²) in [7, 11) is 1.57. The number of amides is 1. The summed E-state index contributed by atoms with van der Waals surface area (Å²) in [6.07, 6.45) is 2.00. The van der Waals surface area contributed by atoms with Gasteiger partial charge in [-0.1, -0.05) is 12.1 Å². The highest BCUT2D eigenvalue weighted by molar-refractivity contribution is 5.86. The van der Waals surface area contributed by atoms with Crippen LogP contribution in [-0.4, -0.2) is 30.1 Å². The Kier molecular flexibility index (Phi) is 4.04. The van der Waals surface area contributed by atoms with Gasteiger partial charge in [-0.2, -0.15) is 0 Å². The first-order chi connectivity index (χ1) is 9.10. The molecular formula is C14H17NO4. The molecule has 1 saturated carbocycles. The third-order valence-corrected chi connectivity index (χ3v) is 3.16. The normalized spacial score (nSPS) is 15.6. The number of benzene rings is 1. The molecule has 0 bridgehead atoms. The maximum Gasteiger partial charge on any atom is 0.326 e. The molecule has 0 radical (unpaired) electrons. The summed E-state index contributed by atoms with van der Waals surface area (Å²) in [6, 6.07) is 6.28. The number of aliphatic carboxylic acids is 1. The first-order valence-corrected chi connectivity index (χ1v) is 6.26. The molecule has 1 amide bonds. The van der Waals surface area contributed by atoms with Crippen molar-refractivity contribution < 1.29 is 19.4 Å². The minimum atomic E-state index is -1.01. The average molecular weight is 263 g/mol. The number of carbonyl (C=O) groups excluding carboxylic acids is 1. The fraction of sp³-hybridized carbons (Fsp3) is 0.429. The molecule has 1 aliphatic carbocycles. The quantitative estimate of drug-likeness (QED) is 0.809. The summed E-state index contributed by atoms with van der Waals surface area (Å²) in [5, 5.41) is 11.7. The standard InChI is InChI=1S/C14H17NO4/c1-19-11-6-2-9(3-7-11)8-12(14(17)18)15-13(16)10-4-5-10/h2-3,6-7,10,12H,4-5,8H2,1H3,(H,15,16)(H,17,18). The number of carbonyl (C=O) groups is 2. The number of carboxylic acids is 1. The summed E-state index contributed by atoms with van der Waals surface area (Å²) in [5.41, 5.74) is 0.851. The highest BCUT2D eigenvalue weighted by Gasteiger charge is 2.32. The monoisotopic (exact) mass is 263 g/mol. The van der Waals surface area contributed by atoms with Crippen molar-refractivity contribution in [2.45, 2.75) is 25.3 Å². The molecule has 1 aromatic rings. The molecular weight excluding hydrogens is 246 g/mol. The van der Waals surface area contributed by atoms with Crippen molar-refractivity contribution in [2.75, 3.05) is 7.11 Å². The maximum atomic E-state index is 11.6. The van der Waals surface area contributed by atoms with Crippen LogP contribution in [-0.2, 0) is 16.0 Å². The highest BCUT2D eigenvalue weighted by atomic mass is 16.5. The SMILES string of the molecule is COc1ccc(CC(NC(=O)C2CC2)C(=O)O)cc1. The van der Waals surface area contributed by atoms with Crippen LogP contribution >= 0.6 is 0 Å². The van der Waals surface area contributed by atoms with E-state index in [9.17, 15) is 9.59 Å². The number of hydrogen-bond acceptors (Lipinski definition) is 3. The van der Waals surface area contributed by atoms with Gasteiger partial charge in [0.1, 0.15) is 11.8 Å².